The number of hydrogen-bond donors (Lipinski definition) is 2. The molecule has 1 amide bonds. The highest BCUT2D eigenvalue weighted by atomic mass is 16.6. The zero-order chi connectivity index (χ0) is 24.1. The summed E-state index contributed by atoms with van der Waals surface area (Å²) in [6, 6.07) is 14.0. The minimum atomic E-state index is -1.16. The lowest BCUT2D eigenvalue weighted by Gasteiger charge is -2.33. The number of benzene rings is 2. The molecule has 0 spiro atoms. The van der Waals surface area contributed by atoms with E-state index in [1.54, 1.807) is 32.9 Å². The standard InChI is InChI=1S/C26H36N2O4/c1-17(2)20-14-11-15-21(18(3)4)22(20)16-23(24(29)30)28(25(31)32-26(5,6)7)27-19-12-9-8-10-13-19/h8-15,17-18,23,27H,16H2,1-7H3,(H,29,30)/t23-/m0/s1. The Balaban J connectivity index is 2.54. The quantitative estimate of drug-likeness (QED) is 0.478. The molecule has 0 heterocycles. The van der Waals surface area contributed by atoms with Gasteiger partial charge in [-0.2, -0.15) is 0 Å². The summed E-state index contributed by atoms with van der Waals surface area (Å²) in [5.41, 5.74) is 5.96. The predicted molar refractivity (Wildman–Crippen MR) is 128 cm³/mol. The molecular weight excluding hydrogens is 404 g/mol. The van der Waals surface area contributed by atoms with Crippen molar-refractivity contribution in [3.05, 3.63) is 65.2 Å². The fourth-order valence-electron chi connectivity index (χ4n) is 3.64. The molecule has 0 radical (unpaired) electrons. The summed E-state index contributed by atoms with van der Waals surface area (Å²) < 4.78 is 5.56. The number of aliphatic carboxylic acids is 1. The third-order valence-corrected chi connectivity index (χ3v) is 5.10. The first-order chi connectivity index (χ1) is 14.9. The molecule has 0 aromatic heterocycles. The maximum absolute atomic E-state index is 13.1. The number of nitrogens with zero attached hydrogens (tertiary/aromatic N) is 1. The molecule has 0 unspecified atom stereocenters. The molecule has 2 aromatic carbocycles. The normalized spacial score (nSPS) is 12.5. The second-order valence-corrected chi connectivity index (χ2v) is 9.61. The molecule has 2 aromatic rings. The van der Waals surface area contributed by atoms with Crippen LogP contribution in [0.3, 0.4) is 0 Å². The van der Waals surface area contributed by atoms with Crippen molar-refractivity contribution in [3.8, 4) is 0 Å². The largest absolute Gasteiger partial charge is 0.480 e. The monoisotopic (exact) mass is 440 g/mol. The third-order valence-electron chi connectivity index (χ3n) is 5.10. The molecular formula is C26H36N2O4. The van der Waals surface area contributed by atoms with E-state index < -0.39 is 23.7 Å². The molecule has 32 heavy (non-hydrogen) atoms. The Bertz CT molecular complexity index is 891. The maximum Gasteiger partial charge on any atom is 0.429 e. The second-order valence-electron chi connectivity index (χ2n) is 9.61. The van der Waals surface area contributed by atoms with Crippen LogP contribution in [0.4, 0.5) is 10.5 Å². The molecule has 0 aliphatic rings. The highest BCUT2D eigenvalue weighted by Gasteiger charge is 2.35. The summed E-state index contributed by atoms with van der Waals surface area (Å²) in [6.45, 7) is 13.6. The molecule has 174 valence electrons. The predicted octanol–water partition coefficient (Wildman–Crippen LogP) is 6.19. The van der Waals surface area contributed by atoms with Crippen molar-refractivity contribution in [2.45, 2.75) is 78.4 Å². The fourth-order valence-corrected chi connectivity index (χ4v) is 3.64. The Labute approximate surface area is 191 Å². The van der Waals surface area contributed by atoms with Crippen LogP contribution < -0.4 is 5.43 Å². The van der Waals surface area contributed by atoms with Crippen LogP contribution in [0.15, 0.2) is 48.5 Å². The minimum Gasteiger partial charge on any atom is -0.480 e. The van der Waals surface area contributed by atoms with E-state index >= 15 is 0 Å². The zero-order valence-electron chi connectivity index (χ0n) is 20.2. The van der Waals surface area contributed by atoms with Crippen LogP contribution >= 0.6 is 0 Å². The average molecular weight is 441 g/mol. The van der Waals surface area contributed by atoms with Crippen LogP contribution in [0, 0.1) is 0 Å². The van der Waals surface area contributed by atoms with Crippen LogP contribution in [0.1, 0.15) is 77.0 Å². The van der Waals surface area contributed by atoms with Gasteiger partial charge in [0.2, 0.25) is 0 Å². The van der Waals surface area contributed by atoms with Crippen LogP contribution in [0.5, 0.6) is 0 Å². The molecule has 2 N–H and O–H groups in total. The van der Waals surface area contributed by atoms with Gasteiger partial charge in [0.15, 0.2) is 6.04 Å². The SMILES string of the molecule is CC(C)c1cccc(C(C)C)c1C[C@@H](C(=O)O)N(Nc1ccccc1)C(=O)OC(C)(C)C. The first kappa shape index (κ1) is 25.2. The van der Waals surface area contributed by atoms with Crippen molar-refractivity contribution in [2.24, 2.45) is 0 Å². The number of ether oxygens (including phenoxy) is 1. The van der Waals surface area contributed by atoms with Gasteiger partial charge in [0.1, 0.15) is 5.60 Å². The van der Waals surface area contributed by atoms with Crippen molar-refractivity contribution in [1.82, 2.24) is 5.01 Å². The van der Waals surface area contributed by atoms with E-state index in [1.807, 2.05) is 36.4 Å². The molecule has 0 saturated carbocycles. The Morgan fingerprint density at radius 3 is 1.91 bits per heavy atom. The Hall–Kier alpha value is -3.02. The van der Waals surface area contributed by atoms with Gasteiger partial charge < -0.3 is 9.84 Å². The molecule has 0 aliphatic carbocycles. The van der Waals surface area contributed by atoms with E-state index in [1.165, 1.54) is 0 Å². The van der Waals surface area contributed by atoms with Gasteiger partial charge in [-0.3, -0.25) is 5.43 Å². The summed E-state index contributed by atoms with van der Waals surface area (Å²) in [4.78, 5) is 25.6. The number of carboxylic acids is 1. The van der Waals surface area contributed by atoms with Gasteiger partial charge in [-0.25, -0.2) is 14.6 Å². The molecule has 0 fully saturated rings. The minimum absolute atomic E-state index is 0.163. The van der Waals surface area contributed by atoms with Crippen molar-refractivity contribution >= 4 is 17.7 Å². The zero-order valence-corrected chi connectivity index (χ0v) is 20.2. The Kier molecular flexibility index (Phi) is 8.31. The van der Waals surface area contributed by atoms with Crippen LogP contribution in [0.2, 0.25) is 0 Å². The first-order valence-corrected chi connectivity index (χ1v) is 11.1. The number of rotatable bonds is 8. The van der Waals surface area contributed by atoms with E-state index in [-0.39, 0.29) is 18.3 Å². The summed E-state index contributed by atoms with van der Waals surface area (Å²) in [5.74, 6) is -0.669. The number of amides is 1. The number of hydrazine groups is 1. The molecule has 0 saturated heterocycles. The van der Waals surface area contributed by atoms with E-state index in [9.17, 15) is 14.7 Å². The van der Waals surface area contributed by atoms with Gasteiger partial charge >= 0.3 is 12.1 Å². The van der Waals surface area contributed by atoms with Gasteiger partial charge in [-0.1, -0.05) is 64.1 Å². The number of anilines is 1. The highest BCUT2D eigenvalue weighted by molar-refractivity contribution is 5.81. The molecule has 0 aliphatic heterocycles. The number of carboxylic acid groups (broad SMARTS) is 1. The third kappa shape index (κ3) is 6.74. The number of nitrogens with one attached hydrogen (secondary N) is 1. The number of hydrogen-bond acceptors (Lipinski definition) is 4. The molecule has 6 nitrogen and oxygen atoms in total. The van der Waals surface area contributed by atoms with Crippen LogP contribution in [-0.2, 0) is 16.0 Å². The van der Waals surface area contributed by atoms with Crippen molar-refractivity contribution < 1.29 is 19.4 Å². The van der Waals surface area contributed by atoms with E-state index in [2.05, 4.69) is 33.1 Å². The summed E-state index contributed by atoms with van der Waals surface area (Å²) >= 11 is 0. The molecule has 2 rings (SSSR count). The highest BCUT2D eigenvalue weighted by Crippen LogP contribution is 2.30. The van der Waals surface area contributed by atoms with Gasteiger partial charge in [0.25, 0.3) is 0 Å². The molecule has 1 atom stereocenters. The summed E-state index contributed by atoms with van der Waals surface area (Å²) in [6.07, 6.45) is -0.571. The van der Waals surface area contributed by atoms with Crippen molar-refractivity contribution in [2.75, 3.05) is 5.43 Å². The average Bonchev–Trinajstić information content (AvgIpc) is 2.69. The number of carbonyl (C=O) groups is 2. The topological polar surface area (TPSA) is 78.9 Å². The van der Waals surface area contributed by atoms with Crippen LogP contribution in [0.25, 0.3) is 0 Å². The molecule has 6 heteroatoms. The number of carbonyl (C=O) groups excluding carboxylic acids is 1. The number of para-hydroxylation sites is 1. The van der Waals surface area contributed by atoms with E-state index in [0.717, 1.165) is 21.7 Å². The summed E-state index contributed by atoms with van der Waals surface area (Å²) in [7, 11) is 0. The summed E-state index contributed by atoms with van der Waals surface area (Å²) in [5, 5.41) is 11.3. The second kappa shape index (κ2) is 10.5. The lowest BCUT2D eigenvalue weighted by Crippen LogP contribution is -2.51. The van der Waals surface area contributed by atoms with Gasteiger partial charge in [0, 0.05) is 6.42 Å². The lowest BCUT2D eigenvalue weighted by molar-refractivity contribution is -0.142. The molecule has 0 bridgehead atoms. The van der Waals surface area contributed by atoms with Crippen molar-refractivity contribution in [1.29, 1.82) is 0 Å². The smallest absolute Gasteiger partial charge is 0.429 e. The fraction of sp³-hybridized carbons (Fsp3) is 0.462. The van der Waals surface area contributed by atoms with Crippen molar-refractivity contribution in [3.63, 3.8) is 0 Å². The van der Waals surface area contributed by atoms with E-state index in [0.29, 0.717) is 5.69 Å². The van der Waals surface area contributed by atoms with E-state index in [4.69, 9.17) is 4.74 Å². The van der Waals surface area contributed by atoms with Gasteiger partial charge in [-0.15, -0.1) is 0 Å². The Morgan fingerprint density at radius 2 is 1.47 bits per heavy atom. The van der Waals surface area contributed by atoms with Gasteiger partial charge in [0.05, 0.1) is 5.69 Å². The van der Waals surface area contributed by atoms with Crippen LogP contribution in [-0.4, -0.2) is 33.8 Å². The maximum atomic E-state index is 13.1. The lowest BCUT2D eigenvalue weighted by atomic mass is 9.85. The first-order valence-electron chi connectivity index (χ1n) is 11.1. The Morgan fingerprint density at radius 1 is 0.938 bits per heavy atom. The van der Waals surface area contributed by atoms with Gasteiger partial charge in [-0.05, 0) is 61.4 Å².